The molecule has 33 heavy (non-hydrogen) atoms. The highest BCUT2D eigenvalue weighted by molar-refractivity contribution is 5.95. The Balaban J connectivity index is 2.00. The molecule has 2 aliphatic carbocycles. The van der Waals surface area contributed by atoms with Crippen molar-refractivity contribution in [1.29, 1.82) is 0 Å². The molecule has 1 spiro atoms. The van der Waals surface area contributed by atoms with Crippen molar-refractivity contribution in [2.24, 2.45) is 28.6 Å². The topological polar surface area (TPSA) is 83.8 Å². The van der Waals surface area contributed by atoms with Crippen molar-refractivity contribution in [2.45, 2.75) is 85.7 Å². The van der Waals surface area contributed by atoms with Crippen LogP contribution >= 0.6 is 0 Å². The Morgan fingerprint density at radius 1 is 1.09 bits per heavy atom. The number of phenolic OH excluding ortho intramolecular Hbond substituents is 2. The summed E-state index contributed by atoms with van der Waals surface area (Å²) in [5, 5.41) is 21.8. The van der Waals surface area contributed by atoms with E-state index in [4.69, 9.17) is 4.74 Å². The van der Waals surface area contributed by atoms with Gasteiger partial charge in [-0.25, -0.2) is 0 Å². The number of allylic oxidation sites excluding steroid dienone is 1. The first-order chi connectivity index (χ1) is 15.5. The SMILES string of the molecule is CC(C)C[C@@H]1c2c(O)c(C=O)c(O)c(C=O)c2O[C@H]2[C@]1(C)CC[C@@]21C=C(C(C)C)CC[C@H]1C. The van der Waals surface area contributed by atoms with Crippen molar-refractivity contribution in [3.05, 3.63) is 28.3 Å². The molecule has 5 heteroatoms. The van der Waals surface area contributed by atoms with E-state index in [0.717, 1.165) is 32.1 Å². The molecule has 0 unspecified atom stereocenters. The summed E-state index contributed by atoms with van der Waals surface area (Å²) >= 11 is 0. The van der Waals surface area contributed by atoms with Crippen LogP contribution in [0.15, 0.2) is 11.6 Å². The predicted molar refractivity (Wildman–Crippen MR) is 128 cm³/mol. The first kappa shape index (κ1) is 23.8. The molecule has 1 aliphatic heterocycles. The van der Waals surface area contributed by atoms with Gasteiger partial charge in [-0.05, 0) is 49.9 Å². The van der Waals surface area contributed by atoms with E-state index in [0.29, 0.717) is 35.9 Å². The second kappa shape index (κ2) is 8.18. The summed E-state index contributed by atoms with van der Waals surface area (Å²) < 4.78 is 6.73. The molecule has 3 aliphatic rings. The molecule has 0 radical (unpaired) electrons. The van der Waals surface area contributed by atoms with E-state index in [1.165, 1.54) is 5.57 Å². The number of carbonyl (C=O) groups is 2. The van der Waals surface area contributed by atoms with Crippen LogP contribution in [0.3, 0.4) is 0 Å². The van der Waals surface area contributed by atoms with Crippen LogP contribution in [0.4, 0.5) is 0 Å². The number of aldehydes is 2. The molecule has 0 saturated heterocycles. The van der Waals surface area contributed by atoms with Crippen molar-refractivity contribution in [2.75, 3.05) is 0 Å². The molecule has 4 rings (SSSR count). The van der Waals surface area contributed by atoms with Gasteiger partial charge in [0.25, 0.3) is 0 Å². The van der Waals surface area contributed by atoms with Gasteiger partial charge < -0.3 is 14.9 Å². The van der Waals surface area contributed by atoms with Gasteiger partial charge in [-0.1, -0.05) is 53.2 Å². The average Bonchev–Trinajstić information content (AvgIpc) is 3.04. The molecule has 2 N–H and O–H groups in total. The lowest BCUT2D eigenvalue weighted by Gasteiger charge is -2.52. The van der Waals surface area contributed by atoms with Gasteiger partial charge in [-0.15, -0.1) is 0 Å². The minimum Gasteiger partial charge on any atom is -0.507 e. The minimum absolute atomic E-state index is 0.0284. The van der Waals surface area contributed by atoms with Gasteiger partial charge >= 0.3 is 0 Å². The number of carbonyl (C=O) groups excluding carboxylic acids is 2. The number of benzene rings is 1. The van der Waals surface area contributed by atoms with Crippen LogP contribution in [0, 0.1) is 28.6 Å². The quantitative estimate of drug-likeness (QED) is 0.397. The fraction of sp³-hybridized carbons (Fsp3) is 0.643. The number of hydrogen-bond acceptors (Lipinski definition) is 5. The highest BCUT2D eigenvalue weighted by Crippen LogP contribution is 2.68. The zero-order valence-electron chi connectivity index (χ0n) is 20.8. The van der Waals surface area contributed by atoms with Crippen molar-refractivity contribution < 1.29 is 24.5 Å². The van der Waals surface area contributed by atoms with Gasteiger partial charge in [-0.3, -0.25) is 9.59 Å². The number of phenols is 2. The molecular weight excluding hydrogens is 416 g/mol. The monoisotopic (exact) mass is 454 g/mol. The van der Waals surface area contributed by atoms with Crippen molar-refractivity contribution >= 4 is 12.6 Å². The van der Waals surface area contributed by atoms with Crippen LogP contribution in [0.1, 0.15) is 106 Å². The molecule has 1 saturated carbocycles. The Kier molecular flexibility index (Phi) is 5.91. The summed E-state index contributed by atoms with van der Waals surface area (Å²) in [6.07, 6.45) is 8.19. The fourth-order valence-corrected chi connectivity index (χ4v) is 7.02. The highest BCUT2D eigenvalue weighted by atomic mass is 16.5. The van der Waals surface area contributed by atoms with E-state index in [-0.39, 0.29) is 45.5 Å². The third-order valence-corrected chi connectivity index (χ3v) is 9.00. The second-order valence-corrected chi connectivity index (χ2v) is 11.6. The van der Waals surface area contributed by atoms with Crippen molar-refractivity contribution in [3.63, 3.8) is 0 Å². The lowest BCUT2D eigenvalue weighted by Crippen LogP contribution is -2.51. The fourth-order valence-electron chi connectivity index (χ4n) is 7.02. The third-order valence-electron chi connectivity index (χ3n) is 9.00. The summed E-state index contributed by atoms with van der Waals surface area (Å²) in [5.41, 5.74) is 1.29. The molecule has 1 aromatic carbocycles. The van der Waals surface area contributed by atoms with Crippen LogP contribution in [0.25, 0.3) is 0 Å². The number of ether oxygens (including phenoxy) is 1. The van der Waals surface area contributed by atoms with Gasteiger partial charge in [0.05, 0.1) is 11.1 Å². The normalized spacial score (nSPS) is 33.0. The maximum absolute atomic E-state index is 12.1. The maximum atomic E-state index is 12.1. The van der Waals surface area contributed by atoms with E-state index >= 15 is 0 Å². The molecule has 1 aromatic rings. The zero-order chi connectivity index (χ0) is 24.3. The van der Waals surface area contributed by atoms with E-state index < -0.39 is 5.75 Å². The summed E-state index contributed by atoms with van der Waals surface area (Å²) in [4.78, 5) is 23.8. The number of aromatic hydroxyl groups is 2. The molecule has 180 valence electrons. The van der Waals surface area contributed by atoms with Crippen LogP contribution in [0.5, 0.6) is 17.2 Å². The summed E-state index contributed by atoms with van der Waals surface area (Å²) in [5.74, 6) is 0.662. The average molecular weight is 455 g/mol. The van der Waals surface area contributed by atoms with E-state index in [1.807, 2.05) is 0 Å². The van der Waals surface area contributed by atoms with E-state index in [1.54, 1.807) is 0 Å². The number of fused-ring (bicyclic) bond motifs is 3. The Bertz CT molecular complexity index is 1010. The van der Waals surface area contributed by atoms with Crippen LogP contribution in [0.2, 0.25) is 0 Å². The van der Waals surface area contributed by atoms with Gasteiger partial charge in [-0.2, -0.15) is 0 Å². The molecular formula is C28H38O5. The predicted octanol–water partition coefficient (Wildman–Crippen LogP) is 6.41. The summed E-state index contributed by atoms with van der Waals surface area (Å²) in [7, 11) is 0. The molecule has 0 aromatic heterocycles. The number of rotatable bonds is 5. The van der Waals surface area contributed by atoms with Crippen LogP contribution in [-0.4, -0.2) is 28.9 Å². The Morgan fingerprint density at radius 2 is 1.76 bits per heavy atom. The first-order valence-corrected chi connectivity index (χ1v) is 12.4. The van der Waals surface area contributed by atoms with Gasteiger partial charge in [0.2, 0.25) is 0 Å². The summed E-state index contributed by atoms with van der Waals surface area (Å²) in [6.45, 7) is 13.3. The zero-order valence-corrected chi connectivity index (χ0v) is 20.8. The Morgan fingerprint density at radius 3 is 2.33 bits per heavy atom. The van der Waals surface area contributed by atoms with Crippen molar-refractivity contribution in [1.82, 2.24) is 0 Å². The van der Waals surface area contributed by atoms with Gasteiger partial charge in [0.1, 0.15) is 23.4 Å². The second-order valence-electron chi connectivity index (χ2n) is 11.6. The highest BCUT2D eigenvalue weighted by Gasteiger charge is 2.64. The smallest absolute Gasteiger partial charge is 0.157 e. The summed E-state index contributed by atoms with van der Waals surface area (Å²) in [6, 6.07) is 0. The molecule has 0 bridgehead atoms. The lowest BCUT2D eigenvalue weighted by molar-refractivity contribution is -0.0359. The van der Waals surface area contributed by atoms with E-state index in [9.17, 15) is 19.8 Å². The van der Waals surface area contributed by atoms with Crippen LogP contribution < -0.4 is 4.74 Å². The third kappa shape index (κ3) is 3.33. The molecule has 1 heterocycles. The Labute approximate surface area is 197 Å². The lowest BCUT2D eigenvalue weighted by atomic mass is 9.59. The molecule has 0 amide bonds. The first-order valence-electron chi connectivity index (χ1n) is 12.4. The largest absolute Gasteiger partial charge is 0.507 e. The molecule has 5 atom stereocenters. The Hall–Kier alpha value is -2.30. The maximum Gasteiger partial charge on any atom is 0.157 e. The molecule has 1 fully saturated rings. The molecule has 5 nitrogen and oxygen atoms in total. The van der Waals surface area contributed by atoms with Gasteiger partial charge in [0, 0.05) is 22.3 Å². The van der Waals surface area contributed by atoms with Gasteiger partial charge in [0.15, 0.2) is 12.6 Å². The van der Waals surface area contributed by atoms with Crippen molar-refractivity contribution in [3.8, 4) is 17.2 Å². The van der Waals surface area contributed by atoms with Crippen LogP contribution in [-0.2, 0) is 0 Å². The standard InChI is InChI=1S/C28H38O5/c1-15(2)11-21-22-24(32)19(13-29)23(31)20(14-30)25(22)33-26-27(21,6)9-10-28(26)12-18(16(3)4)8-7-17(28)5/h12-17,21,26,31-32H,7-11H2,1-6H3/t17-,21-,26+,27-,28+/m1/s1. The number of hydrogen-bond donors (Lipinski definition) is 2. The minimum atomic E-state index is -0.495. The van der Waals surface area contributed by atoms with E-state index in [2.05, 4.69) is 47.6 Å².